The van der Waals surface area contributed by atoms with E-state index in [2.05, 4.69) is 27.0 Å². The van der Waals surface area contributed by atoms with E-state index in [4.69, 9.17) is 11.6 Å². The van der Waals surface area contributed by atoms with Gasteiger partial charge in [0.05, 0.1) is 0 Å². The summed E-state index contributed by atoms with van der Waals surface area (Å²) in [5, 5.41) is 10.5. The van der Waals surface area contributed by atoms with Crippen molar-refractivity contribution in [3.8, 4) is 0 Å². The fourth-order valence-electron chi connectivity index (χ4n) is 3.43. The van der Waals surface area contributed by atoms with Crippen LogP contribution in [0, 0.1) is 0 Å². The van der Waals surface area contributed by atoms with E-state index < -0.39 is 0 Å². The van der Waals surface area contributed by atoms with Crippen molar-refractivity contribution in [3.63, 3.8) is 0 Å². The molecule has 7 heteroatoms. The third kappa shape index (κ3) is 5.12. The normalized spacial score (nSPS) is 17.4. The monoisotopic (exact) mass is 415 g/mol. The molecule has 0 N–H and O–H groups in total. The molecule has 3 rings (SSSR count). The van der Waals surface area contributed by atoms with Gasteiger partial charge in [0, 0.05) is 54.4 Å². The third-order valence-corrected chi connectivity index (χ3v) is 5.00. The van der Waals surface area contributed by atoms with Gasteiger partial charge in [-0.25, -0.2) is 0 Å². The zero-order valence-corrected chi connectivity index (χ0v) is 18.6. The van der Waals surface area contributed by atoms with Gasteiger partial charge in [-0.2, -0.15) is 0 Å². The topological polar surface area (TPSA) is 62.2 Å². The van der Waals surface area contributed by atoms with E-state index in [0.717, 1.165) is 28.6 Å². The van der Waals surface area contributed by atoms with E-state index in [-0.39, 0.29) is 11.9 Å². The molecule has 0 radical (unpaired) electrons. The van der Waals surface area contributed by atoms with E-state index >= 15 is 0 Å². The fourth-order valence-corrected chi connectivity index (χ4v) is 3.63. The van der Waals surface area contributed by atoms with Crippen LogP contribution in [0.5, 0.6) is 0 Å². The first-order valence-corrected chi connectivity index (χ1v) is 10.6. The van der Waals surface area contributed by atoms with Crippen LogP contribution < -0.4 is 4.90 Å². The highest BCUT2D eigenvalue weighted by Crippen LogP contribution is 2.29. The summed E-state index contributed by atoms with van der Waals surface area (Å²) in [6, 6.07) is 1.90. The number of pyridine rings is 1. The van der Waals surface area contributed by atoms with Crippen LogP contribution in [0.1, 0.15) is 41.0 Å². The predicted molar refractivity (Wildman–Crippen MR) is 120 cm³/mol. The molecule has 156 valence electrons. The lowest BCUT2D eigenvalue weighted by atomic mass is 10.1. The lowest BCUT2D eigenvalue weighted by molar-refractivity contribution is -0.129. The van der Waals surface area contributed by atoms with Gasteiger partial charge in [-0.3, -0.25) is 9.78 Å². The van der Waals surface area contributed by atoms with Gasteiger partial charge in [-0.05, 0) is 26.3 Å². The Kier molecular flexibility index (Phi) is 8.58. The van der Waals surface area contributed by atoms with Crippen LogP contribution in [0.4, 0.5) is 5.82 Å². The molecule has 0 spiro atoms. The predicted octanol–water partition coefficient (Wildman–Crippen LogP) is 4.65. The zero-order chi connectivity index (χ0) is 21.4. The van der Waals surface area contributed by atoms with Gasteiger partial charge in [0.25, 0.3) is 5.91 Å². The molecule has 1 aliphatic rings. The van der Waals surface area contributed by atoms with E-state index in [1.807, 2.05) is 56.9 Å². The van der Waals surface area contributed by atoms with Crippen LogP contribution in [0.2, 0.25) is 5.15 Å². The van der Waals surface area contributed by atoms with Crippen LogP contribution >= 0.6 is 11.6 Å². The Morgan fingerprint density at radius 2 is 2.03 bits per heavy atom. The number of anilines is 1. The first-order valence-electron chi connectivity index (χ1n) is 10.2. The van der Waals surface area contributed by atoms with Crippen molar-refractivity contribution < 1.29 is 4.79 Å². The maximum Gasteiger partial charge on any atom is 0.253 e. The lowest BCUT2D eigenvalue weighted by Gasteiger charge is -2.40. The minimum absolute atomic E-state index is 0.0564. The molecule has 3 heterocycles. The van der Waals surface area contributed by atoms with Crippen molar-refractivity contribution in [1.29, 1.82) is 0 Å². The molecule has 0 aliphatic carbocycles. The Bertz CT molecular complexity index is 896. The van der Waals surface area contributed by atoms with Crippen molar-refractivity contribution in [3.05, 3.63) is 47.4 Å². The number of nitrogens with zero attached hydrogens (tertiary/aromatic N) is 5. The average Bonchev–Trinajstić information content (AvgIpc) is 2.75. The summed E-state index contributed by atoms with van der Waals surface area (Å²) in [6.45, 7) is 12.0. The Labute approximate surface area is 178 Å². The van der Waals surface area contributed by atoms with E-state index in [1.165, 1.54) is 0 Å². The van der Waals surface area contributed by atoms with Crippen molar-refractivity contribution >= 4 is 34.1 Å². The van der Waals surface area contributed by atoms with Gasteiger partial charge < -0.3 is 9.80 Å². The molecule has 2 aromatic heterocycles. The first-order chi connectivity index (χ1) is 14.1. The summed E-state index contributed by atoms with van der Waals surface area (Å²) < 4.78 is 0. The quantitative estimate of drug-likeness (QED) is 0.537. The molecule has 0 bridgehead atoms. The molecule has 1 fully saturated rings. The highest BCUT2D eigenvalue weighted by atomic mass is 35.5. The maximum atomic E-state index is 12.9. The minimum Gasteiger partial charge on any atom is -0.351 e. The average molecular weight is 416 g/mol. The van der Waals surface area contributed by atoms with Crippen LogP contribution in [0.15, 0.2) is 42.3 Å². The first kappa shape index (κ1) is 22.8. The van der Waals surface area contributed by atoms with E-state index in [1.54, 1.807) is 12.4 Å². The zero-order valence-electron chi connectivity index (χ0n) is 17.9. The molecule has 1 amide bonds. The molecule has 29 heavy (non-hydrogen) atoms. The number of rotatable bonds is 4. The second-order valence-electron chi connectivity index (χ2n) is 6.60. The number of hydrogen-bond acceptors (Lipinski definition) is 5. The third-order valence-electron chi connectivity index (χ3n) is 4.72. The number of amides is 1. The molecule has 1 atom stereocenters. The van der Waals surface area contributed by atoms with Gasteiger partial charge in [0.15, 0.2) is 11.0 Å². The van der Waals surface area contributed by atoms with E-state index in [0.29, 0.717) is 24.8 Å². The molecule has 0 saturated carbocycles. The summed E-state index contributed by atoms with van der Waals surface area (Å²) in [6.07, 6.45) is 10.1. The molecular formula is C22H30ClN5O. The molecular weight excluding hydrogens is 386 g/mol. The number of allylic oxidation sites excluding steroid dienone is 2. The summed E-state index contributed by atoms with van der Waals surface area (Å²) >= 11 is 6.17. The number of fused-ring (bicyclic) bond motifs is 1. The van der Waals surface area contributed by atoms with Crippen LogP contribution in [0.3, 0.4) is 0 Å². The van der Waals surface area contributed by atoms with Gasteiger partial charge in [0.2, 0.25) is 0 Å². The summed E-state index contributed by atoms with van der Waals surface area (Å²) in [7, 11) is 0. The minimum atomic E-state index is 0.0564. The number of carbonyl (C=O) groups is 1. The number of carbonyl (C=O) groups excluding carboxylic acids is 1. The Hall–Kier alpha value is -2.47. The van der Waals surface area contributed by atoms with Crippen molar-refractivity contribution in [2.45, 2.75) is 47.1 Å². The van der Waals surface area contributed by atoms with Crippen LogP contribution in [-0.2, 0) is 4.79 Å². The second-order valence-corrected chi connectivity index (χ2v) is 6.95. The highest BCUT2D eigenvalue weighted by molar-refractivity contribution is 6.34. The summed E-state index contributed by atoms with van der Waals surface area (Å²) in [4.78, 5) is 21.2. The van der Waals surface area contributed by atoms with Crippen molar-refractivity contribution in [1.82, 2.24) is 20.1 Å². The largest absolute Gasteiger partial charge is 0.351 e. The smallest absolute Gasteiger partial charge is 0.253 e. The summed E-state index contributed by atoms with van der Waals surface area (Å²) in [5.74, 6) is 0.843. The summed E-state index contributed by atoms with van der Waals surface area (Å²) in [5.41, 5.74) is 0.751. The molecule has 0 aromatic carbocycles. The van der Waals surface area contributed by atoms with Crippen LogP contribution in [-0.4, -0.2) is 51.7 Å². The number of hydrogen-bond donors (Lipinski definition) is 0. The Morgan fingerprint density at radius 1 is 1.28 bits per heavy atom. The number of aromatic nitrogens is 3. The second kappa shape index (κ2) is 10.9. The van der Waals surface area contributed by atoms with Gasteiger partial charge in [-0.15, -0.1) is 10.2 Å². The highest BCUT2D eigenvalue weighted by Gasteiger charge is 2.30. The van der Waals surface area contributed by atoms with Gasteiger partial charge >= 0.3 is 0 Å². The Balaban J connectivity index is 0.00000145. The van der Waals surface area contributed by atoms with Crippen molar-refractivity contribution in [2.24, 2.45) is 0 Å². The van der Waals surface area contributed by atoms with Gasteiger partial charge in [0.1, 0.15) is 0 Å². The molecule has 1 unspecified atom stereocenters. The Morgan fingerprint density at radius 3 is 2.69 bits per heavy atom. The molecule has 6 nitrogen and oxygen atoms in total. The van der Waals surface area contributed by atoms with E-state index in [9.17, 15) is 4.79 Å². The SMILES string of the molecule is C/C=C\C(=C/CC)C(=O)N1CCN(c2nnc(Cl)c3ccncc23)CC1C.CC. The van der Waals surface area contributed by atoms with Gasteiger partial charge in [-0.1, -0.05) is 50.6 Å². The molecule has 1 aliphatic heterocycles. The molecule has 2 aromatic rings. The number of piperazine rings is 1. The lowest BCUT2D eigenvalue weighted by Crippen LogP contribution is -2.54. The fraction of sp³-hybridized carbons (Fsp3) is 0.455. The molecule has 1 saturated heterocycles. The standard InChI is InChI=1S/C20H24ClN5O.C2H6/c1-4-6-15(7-5-2)20(27)26-11-10-25(13-14(26)3)19-17-12-22-9-8-16(17)18(21)23-24-19;1-2/h4,6-9,12,14H,5,10-11,13H2,1-3H3;1-2H3/b6-4-,15-7+;. The maximum absolute atomic E-state index is 12.9. The van der Waals surface area contributed by atoms with Crippen LogP contribution in [0.25, 0.3) is 10.8 Å². The number of halogens is 1. The van der Waals surface area contributed by atoms with Crippen molar-refractivity contribution in [2.75, 3.05) is 24.5 Å².